The van der Waals surface area contributed by atoms with Crippen LogP contribution in [0.25, 0.3) is 0 Å². The van der Waals surface area contributed by atoms with Crippen molar-refractivity contribution in [3.05, 3.63) is 0 Å². The van der Waals surface area contributed by atoms with Crippen LogP contribution in [0.3, 0.4) is 0 Å². The standard InChI is InChI=1S/C12H21N5O2/c1-2-6-19-12-15-10(13)14-11(16-12)17-5-3-4-9(7-17)8-18/h9,18H,2-8H2,1H3,(H2,13,14,15,16). The highest BCUT2D eigenvalue weighted by molar-refractivity contribution is 5.36. The van der Waals surface area contributed by atoms with Gasteiger partial charge >= 0.3 is 6.01 Å². The van der Waals surface area contributed by atoms with E-state index >= 15 is 0 Å². The van der Waals surface area contributed by atoms with E-state index in [0.29, 0.717) is 12.6 Å². The summed E-state index contributed by atoms with van der Waals surface area (Å²) >= 11 is 0. The fourth-order valence-corrected chi connectivity index (χ4v) is 2.16. The van der Waals surface area contributed by atoms with E-state index in [0.717, 1.165) is 32.4 Å². The molecule has 0 saturated carbocycles. The van der Waals surface area contributed by atoms with E-state index in [1.54, 1.807) is 0 Å². The van der Waals surface area contributed by atoms with Gasteiger partial charge in [0.25, 0.3) is 0 Å². The van der Waals surface area contributed by atoms with Gasteiger partial charge in [-0.05, 0) is 25.2 Å². The van der Waals surface area contributed by atoms with Crippen molar-refractivity contribution in [1.82, 2.24) is 15.0 Å². The Morgan fingerprint density at radius 3 is 3.00 bits per heavy atom. The first kappa shape index (κ1) is 13.8. The summed E-state index contributed by atoms with van der Waals surface area (Å²) in [5, 5.41) is 9.25. The van der Waals surface area contributed by atoms with Crippen LogP contribution in [0, 0.1) is 5.92 Å². The Labute approximate surface area is 112 Å². The highest BCUT2D eigenvalue weighted by Crippen LogP contribution is 2.21. The minimum Gasteiger partial charge on any atom is -0.463 e. The number of nitrogens with two attached hydrogens (primary N) is 1. The molecule has 7 heteroatoms. The fraction of sp³-hybridized carbons (Fsp3) is 0.750. The van der Waals surface area contributed by atoms with Gasteiger partial charge in [-0.3, -0.25) is 0 Å². The molecule has 1 aliphatic rings. The van der Waals surface area contributed by atoms with Crippen molar-refractivity contribution in [3.63, 3.8) is 0 Å². The molecule has 3 N–H and O–H groups in total. The van der Waals surface area contributed by atoms with Crippen molar-refractivity contribution in [2.45, 2.75) is 26.2 Å². The van der Waals surface area contributed by atoms with Gasteiger partial charge in [0.05, 0.1) is 6.61 Å². The van der Waals surface area contributed by atoms with Gasteiger partial charge in [-0.2, -0.15) is 15.0 Å². The molecule has 19 heavy (non-hydrogen) atoms. The Bertz CT molecular complexity index is 415. The summed E-state index contributed by atoms with van der Waals surface area (Å²) in [5.74, 6) is 0.978. The number of aliphatic hydroxyl groups excluding tert-OH is 1. The van der Waals surface area contributed by atoms with Gasteiger partial charge in [-0.25, -0.2) is 0 Å². The van der Waals surface area contributed by atoms with Crippen LogP contribution >= 0.6 is 0 Å². The first-order valence-corrected chi connectivity index (χ1v) is 6.73. The Morgan fingerprint density at radius 1 is 1.42 bits per heavy atom. The maximum Gasteiger partial charge on any atom is 0.323 e. The van der Waals surface area contributed by atoms with Crippen molar-refractivity contribution in [2.24, 2.45) is 5.92 Å². The summed E-state index contributed by atoms with van der Waals surface area (Å²) in [6, 6.07) is 0.274. The van der Waals surface area contributed by atoms with Crippen LogP contribution in [0.15, 0.2) is 0 Å². The monoisotopic (exact) mass is 267 g/mol. The number of nitrogens with zero attached hydrogens (tertiary/aromatic N) is 4. The third-order valence-corrected chi connectivity index (χ3v) is 3.12. The van der Waals surface area contributed by atoms with Gasteiger partial charge in [0, 0.05) is 19.7 Å². The van der Waals surface area contributed by atoms with Gasteiger partial charge in [-0.1, -0.05) is 6.92 Å². The minimum atomic E-state index is 0.169. The Hall–Kier alpha value is -1.63. The SMILES string of the molecule is CCCOc1nc(N)nc(N2CCCC(CO)C2)n1. The molecule has 1 unspecified atom stereocenters. The van der Waals surface area contributed by atoms with E-state index in [2.05, 4.69) is 15.0 Å². The molecular formula is C12H21N5O2. The van der Waals surface area contributed by atoms with Gasteiger partial charge in [0.15, 0.2) is 0 Å². The van der Waals surface area contributed by atoms with Crippen LogP contribution in [0.1, 0.15) is 26.2 Å². The van der Waals surface area contributed by atoms with Gasteiger partial charge in [0.1, 0.15) is 0 Å². The zero-order valence-electron chi connectivity index (χ0n) is 11.2. The molecule has 0 spiro atoms. The number of ether oxygens (including phenoxy) is 1. The molecule has 0 radical (unpaired) electrons. The fourth-order valence-electron chi connectivity index (χ4n) is 2.16. The van der Waals surface area contributed by atoms with E-state index in [-0.39, 0.29) is 24.5 Å². The molecule has 0 aromatic carbocycles. The second kappa shape index (κ2) is 6.51. The molecule has 0 aliphatic carbocycles. The van der Waals surface area contributed by atoms with Crippen molar-refractivity contribution >= 4 is 11.9 Å². The molecule has 1 aromatic heterocycles. The first-order chi connectivity index (χ1) is 9.22. The highest BCUT2D eigenvalue weighted by atomic mass is 16.5. The average molecular weight is 267 g/mol. The maximum atomic E-state index is 9.25. The smallest absolute Gasteiger partial charge is 0.323 e. The predicted molar refractivity (Wildman–Crippen MR) is 72.0 cm³/mol. The van der Waals surface area contributed by atoms with E-state index in [1.165, 1.54) is 0 Å². The van der Waals surface area contributed by atoms with Crippen molar-refractivity contribution in [2.75, 3.05) is 36.9 Å². The topological polar surface area (TPSA) is 97.4 Å². The summed E-state index contributed by atoms with van der Waals surface area (Å²) < 4.78 is 5.40. The van der Waals surface area contributed by atoms with Crippen LogP contribution in [0.5, 0.6) is 6.01 Å². The lowest BCUT2D eigenvalue weighted by molar-refractivity contribution is 0.208. The second-order valence-corrected chi connectivity index (χ2v) is 4.76. The van der Waals surface area contributed by atoms with Crippen molar-refractivity contribution < 1.29 is 9.84 Å². The summed E-state index contributed by atoms with van der Waals surface area (Å²) in [6.07, 6.45) is 2.94. The number of hydrogen-bond acceptors (Lipinski definition) is 7. The summed E-state index contributed by atoms with van der Waals surface area (Å²) in [4.78, 5) is 14.4. The summed E-state index contributed by atoms with van der Waals surface area (Å²) in [7, 11) is 0. The Morgan fingerprint density at radius 2 is 2.26 bits per heavy atom. The number of rotatable bonds is 5. The van der Waals surface area contributed by atoms with E-state index in [9.17, 15) is 5.11 Å². The molecule has 1 aromatic rings. The molecule has 1 atom stereocenters. The zero-order valence-corrected chi connectivity index (χ0v) is 11.2. The number of anilines is 2. The minimum absolute atomic E-state index is 0.169. The number of hydrogen-bond donors (Lipinski definition) is 2. The quantitative estimate of drug-likeness (QED) is 0.799. The summed E-state index contributed by atoms with van der Waals surface area (Å²) in [6.45, 7) is 4.38. The molecule has 0 bridgehead atoms. The van der Waals surface area contributed by atoms with Gasteiger partial charge in [-0.15, -0.1) is 0 Å². The predicted octanol–water partition coefficient (Wildman–Crippen LogP) is 0.451. The molecule has 2 heterocycles. The van der Waals surface area contributed by atoms with Gasteiger partial charge in [0.2, 0.25) is 11.9 Å². The molecule has 1 aliphatic heterocycles. The number of aliphatic hydroxyl groups is 1. The normalized spacial score (nSPS) is 19.5. The number of piperidine rings is 1. The molecular weight excluding hydrogens is 246 g/mol. The second-order valence-electron chi connectivity index (χ2n) is 4.76. The lowest BCUT2D eigenvalue weighted by Gasteiger charge is -2.31. The number of aromatic nitrogens is 3. The number of nitrogen functional groups attached to an aromatic ring is 1. The van der Waals surface area contributed by atoms with Crippen molar-refractivity contribution in [3.8, 4) is 6.01 Å². The van der Waals surface area contributed by atoms with Crippen molar-refractivity contribution in [1.29, 1.82) is 0 Å². The maximum absolute atomic E-state index is 9.25. The Balaban J connectivity index is 2.11. The van der Waals surface area contributed by atoms with Crippen LogP contribution in [-0.4, -0.2) is 46.4 Å². The van der Waals surface area contributed by atoms with Crippen LogP contribution < -0.4 is 15.4 Å². The molecule has 0 amide bonds. The Kier molecular flexibility index (Phi) is 4.73. The largest absolute Gasteiger partial charge is 0.463 e. The van der Waals surface area contributed by atoms with Gasteiger partial charge < -0.3 is 20.5 Å². The molecule has 7 nitrogen and oxygen atoms in total. The third kappa shape index (κ3) is 3.66. The molecule has 1 saturated heterocycles. The van der Waals surface area contributed by atoms with E-state index in [1.807, 2.05) is 11.8 Å². The molecule has 2 rings (SSSR count). The van der Waals surface area contributed by atoms with Crippen LogP contribution in [0.4, 0.5) is 11.9 Å². The first-order valence-electron chi connectivity index (χ1n) is 6.73. The summed E-state index contributed by atoms with van der Waals surface area (Å²) in [5.41, 5.74) is 5.69. The van der Waals surface area contributed by atoms with Crippen LogP contribution in [-0.2, 0) is 0 Å². The highest BCUT2D eigenvalue weighted by Gasteiger charge is 2.22. The van der Waals surface area contributed by atoms with E-state index in [4.69, 9.17) is 10.5 Å². The third-order valence-electron chi connectivity index (χ3n) is 3.12. The molecule has 106 valence electrons. The lowest BCUT2D eigenvalue weighted by atomic mass is 9.99. The van der Waals surface area contributed by atoms with E-state index < -0.39 is 0 Å². The molecule has 1 fully saturated rings. The lowest BCUT2D eigenvalue weighted by Crippen LogP contribution is -2.38. The average Bonchev–Trinajstić information content (AvgIpc) is 2.44. The zero-order chi connectivity index (χ0) is 13.7. The van der Waals surface area contributed by atoms with Crippen LogP contribution in [0.2, 0.25) is 0 Å².